The zero-order valence-corrected chi connectivity index (χ0v) is 11.2. The molecule has 1 aliphatic heterocycles. The molecule has 0 aliphatic carbocycles. The molecule has 19 heavy (non-hydrogen) atoms. The summed E-state index contributed by atoms with van der Waals surface area (Å²) in [6.07, 6.45) is -1.26. The molecule has 3 nitrogen and oxygen atoms in total. The second kappa shape index (κ2) is 6.93. The molecule has 2 N–H and O–H groups in total. The number of hydrogen-bond donors (Lipinski definition) is 1. The molecule has 0 spiro atoms. The number of amides is 1. The van der Waals surface area contributed by atoms with Gasteiger partial charge in [0.2, 0.25) is 5.91 Å². The average molecular weight is 278 g/mol. The van der Waals surface area contributed by atoms with Crippen LogP contribution in [-0.4, -0.2) is 36.6 Å². The second-order valence-electron chi connectivity index (χ2n) is 5.04. The zero-order valence-electron chi connectivity index (χ0n) is 11.2. The molecule has 110 valence electrons. The van der Waals surface area contributed by atoms with E-state index in [1.807, 2.05) is 6.92 Å². The Morgan fingerprint density at radius 3 is 2.63 bits per heavy atom. The summed E-state index contributed by atoms with van der Waals surface area (Å²) >= 11 is 0. The number of carbonyl (C=O) groups is 1. The molecule has 1 heterocycles. The van der Waals surface area contributed by atoms with E-state index in [4.69, 9.17) is 5.73 Å². The highest BCUT2D eigenvalue weighted by Gasteiger charge is 2.35. The molecule has 0 radical (unpaired) electrons. The van der Waals surface area contributed by atoms with Gasteiger partial charge in [-0.15, -0.1) is 0 Å². The first-order valence-corrected chi connectivity index (χ1v) is 6.58. The number of halogens is 3. The molecule has 0 saturated heterocycles. The lowest BCUT2D eigenvalue weighted by Crippen LogP contribution is -2.36. The molecule has 0 bridgehead atoms. The molecular formula is C13H21F3N2O. The number of rotatable bonds is 5. The van der Waals surface area contributed by atoms with Crippen molar-refractivity contribution >= 4 is 5.91 Å². The van der Waals surface area contributed by atoms with Gasteiger partial charge in [0, 0.05) is 25.1 Å². The van der Waals surface area contributed by atoms with Gasteiger partial charge < -0.3 is 10.6 Å². The summed E-state index contributed by atoms with van der Waals surface area (Å²) in [6, 6.07) is 0. The van der Waals surface area contributed by atoms with Gasteiger partial charge in [-0.25, -0.2) is 0 Å². The van der Waals surface area contributed by atoms with E-state index in [0.717, 1.165) is 18.9 Å². The van der Waals surface area contributed by atoms with E-state index < -0.39 is 11.7 Å². The first-order chi connectivity index (χ1) is 8.84. The highest BCUT2D eigenvalue weighted by Crippen LogP contribution is 2.30. The van der Waals surface area contributed by atoms with Crippen LogP contribution in [0.2, 0.25) is 0 Å². The highest BCUT2D eigenvalue weighted by molar-refractivity contribution is 5.76. The average Bonchev–Trinajstić information content (AvgIpc) is 2.35. The Balaban J connectivity index is 2.39. The fraction of sp³-hybridized carbons (Fsp3) is 0.769. The standard InChI is InChI=1S/C13H21F3N2O/c1-10(4-7-17)2-3-12(19)18-8-5-11(6-9-18)13(14,15)16/h5,10H,2-4,6-9,17H2,1H3. The third-order valence-electron chi connectivity index (χ3n) is 3.44. The van der Waals surface area contributed by atoms with Crippen molar-refractivity contribution in [2.75, 3.05) is 19.6 Å². The molecule has 1 unspecified atom stereocenters. The van der Waals surface area contributed by atoms with E-state index in [1.54, 1.807) is 0 Å². The van der Waals surface area contributed by atoms with Crippen molar-refractivity contribution in [3.63, 3.8) is 0 Å². The maximum Gasteiger partial charge on any atom is 0.412 e. The number of alkyl halides is 3. The van der Waals surface area contributed by atoms with Gasteiger partial charge >= 0.3 is 6.18 Å². The Kier molecular flexibility index (Phi) is 5.85. The van der Waals surface area contributed by atoms with Crippen LogP contribution in [0, 0.1) is 5.92 Å². The summed E-state index contributed by atoms with van der Waals surface area (Å²) in [6.45, 7) is 2.85. The molecule has 6 heteroatoms. The molecule has 0 saturated carbocycles. The molecule has 1 amide bonds. The molecule has 0 aromatic carbocycles. The third-order valence-corrected chi connectivity index (χ3v) is 3.44. The smallest absolute Gasteiger partial charge is 0.339 e. The summed E-state index contributed by atoms with van der Waals surface area (Å²) < 4.78 is 37.3. The van der Waals surface area contributed by atoms with E-state index in [1.165, 1.54) is 4.90 Å². The predicted octanol–water partition coefficient (Wildman–Crippen LogP) is 2.47. The van der Waals surface area contributed by atoms with E-state index in [2.05, 4.69) is 0 Å². The van der Waals surface area contributed by atoms with E-state index in [-0.39, 0.29) is 25.4 Å². The monoisotopic (exact) mass is 278 g/mol. The van der Waals surface area contributed by atoms with Crippen LogP contribution in [0.1, 0.15) is 32.6 Å². The lowest BCUT2D eigenvalue weighted by molar-refractivity contribution is -0.132. The van der Waals surface area contributed by atoms with Crippen molar-refractivity contribution in [2.45, 2.75) is 38.8 Å². The van der Waals surface area contributed by atoms with Gasteiger partial charge in [-0.3, -0.25) is 4.79 Å². The molecule has 1 aliphatic rings. The molecule has 0 fully saturated rings. The van der Waals surface area contributed by atoms with Crippen LogP contribution in [0.3, 0.4) is 0 Å². The van der Waals surface area contributed by atoms with Gasteiger partial charge in [0.25, 0.3) is 0 Å². The van der Waals surface area contributed by atoms with Crippen LogP contribution in [0.5, 0.6) is 0 Å². The number of hydrogen-bond acceptors (Lipinski definition) is 2. The first-order valence-electron chi connectivity index (χ1n) is 6.58. The van der Waals surface area contributed by atoms with Crippen LogP contribution in [0.15, 0.2) is 11.6 Å². The van der Waals surface area contributed by atoms with E-state index >= 15 is 0 Å². The molecule has 1 atom stereocenters. The Hall–Kier alpha value is -1.04. The van der Waals surface area contributed by atoms with Crippen molar-refractivity contribution in [1.82, 2.24) is 4.90 Å². The lowest BCUT2D eigenvalue weighted by Gasteiger charge is -2.27. The van der Waals surface area contributed by atoms with Gasteiger partial charge in [0.15, 0.2) is 0 Å². The van der Waals surface area contributed by atoms with Crippen LogP contribution < -0.4 is 5.73 Å². The van der Waals surface area contributed by atoms with Gasteiger partial charge in [-0.05, 0) is 31.7 Å². The predicted molar refractivity (Wildman–Crippen MR) is 67.4 cm³/mol. The third kappa shape index (κ3) is 5.22. The Morgan fingerprint density at radius 1 is 1.47 bits per heavy atom. The fourth-order valence-corrected chi connectivity index (χ4v) is 2.11. The normalized spacial score (nSPS) is 18.2. The van der Waals surface area contributed by atoms with Crippen molar-refractivity contribution in [1.29, 1.82) is 0 Å². The quantitative estimate of drug-likeness (QED) is 0.785. The van der Waals surface area contributed by atoms with Gasteiger partial charge in [-0.1, -0.05) is 13.0 Å². The highest BCUT2D eigenvalue weighted by atomic mass is 19.4. The summed E-state index contributed by atoms with van der Waals surface area (Å²) in [5.41, 5.74) is 4.90. The van der Waals surface area contributed by atoms with Crippen molar-refractivity contribution < 1.29 is 18.0 Å². The van der Waals surface area contributed by atoms with Crippen LogP contribution in [0.4, 0.5) is 13.2 Å². The van der Waals surface area contributed by atoms with Crippen molar-refractivity contribution in [2.24, 2.45) is 11.7 Å². The number of nitrogens with two attached hydrogens (primary N) is 1. The summed E-state index contributed by atoms with van der Waals surface area (Å²) in [5.74, 6) is 0.307. The van der Waals surface area contributed by atoms with Crippen LogP contribution >= 0.6 is 0 Å². The number of carbonyl (C=O) groups excluding carboxylic acids is 1. The molecule has 1 rings (SSSR count). The maximum atomic E-state index is 12.4. The van der Waals surface area contributed by atoms with Gasteiger partial charge in [0.1, 0.15) is 0 Å². The van der Waals surface area contributed by atoms with Crippen molar-refractivity contribution in [3.05, 3.63) is 11.6 Å². The topological polar surface area (TPSA) is 46.3 Å². The van der Waals surface area contributed by atoms with Crippen molar-refractivity contribution in [3.8, 4) is 0 Å². The second-order valence-corrected chi connectivity index (χ2v) is 5.04. The Labute approximate surface area is 111 Å². The number of nitrogens with zero attached hydrogens (tertiary/aromatic N) is 1. The Bertz CT molecular complexity index is 339. The largest absolute Gasteiger partial charge is 0.412 e. The first kappa shape index (κ1) is 16.0. The summed E-state index contributed by atoms with van der Waals surface area (Å²) in [7, 11) is 0. The van der Waals surface area contributed by atoms with Gasteiger partial charge in [0.05, 0.1) is 0 Å². The fourth-order valence-electron chi connectivity index (χ4n) is 2.11. The summed E-state index contributed by atoms with van der Waals surface area (Å²) in [4.78, 5) is 13.3. The lowest BCUT2D eigenvalue weighted by atomic mass is 10.0. The van der Waals surface area contributed by atoms with E-state index in [0.29, 0.717) is 18.9 Å². The van der Waals surface area contributed by atoms with Crippen LogP contribution in [-0.2, 0) is 4.79 Å². The molecular weight excluding hydrogens is 257 g/mol. The molecule has 0 aromatic rings. The van der Waals surface area contributed by atoms with E-state index in [9.17, 15) is 18.0 Å². The summed E-state index contributed by atoms with van der Waals surface area (Å²) in [5, 5.41) is 0. The minimum Gasteiger partial charge on any atom is -0.339 e. The Morgan fingerprint density at radius 2 is 2.16 bits per heavy atom. The maximum absolute atomic E-state index is 12.4. The van der Waals surface area contributed by atoms with Crippen LogP contribution in [0.25, 0.3) is 0 Å². The minimum atomic E-state index is -4.26. The SMILES string of the molecule is CC(CCN)CCC(=O)N1CC=C(C(F)(F)F)CC1. The molecule has 0 aromatic heterocycles. The zero-order chi connectivity index (χ0) is 14.5. The minimum absolute atomic E-state index is 0.0682. The van der Waals surface area contributed by atoms with Gasteiger partial charge in [-0.2, -0.15) is 13.2 Å².